The zero-order valence-electron chi connectivity index (χ0n) is 11.9. The van der Waals surface area contributed by atoms with Crippen LogP contribution in [-0.4, -0.2) is 32.1 Å². The van der Waals surface area contributed by atoms with Crippen LogP contribution in [0.15, 0.2) is 12.1 Å². The van der Waals surface area contributed by atoms with Crippen LogP contribution < -0.4 is 16.0 Å². The van der Waals surface area contributed by atoms with Crippen molar-refractivity contribution in [2.24, 2.45) is 5.41 Å². The molecular weight excluding hydrogens is 276 g/mol. The van der Waals surface area contributed by atoms with E-state index in [-0.39, 0.29) is 17.3 Å². The molecule has 1 heterocycles. The van der Waals surface area contributed by atoms with E-state index >= 15 is 0 Å². The lowest BCUT2D eigenvalue weighted by atomic mass is 9.65. The summed E-state index contributed by atoms with van der Waals surface area (Å²) in [5, 5.41) is 8.62. The summed E-state index contributed by atoms with van der Waals surface area (Å²) in [4.78, 5) is 11.4. The minimum Gasteiger partial charge on any atom is -0.378 e. The van der Waals surface area contributed by atoms with E-state index < -0.39 is 17.5 Å². The highest BCUT2D eigenvalue weighted by molar-refractivity contribution is 5.94. The molecule has 3 N–H and O–H groups in total. The Balaban J connectivity index is 1.70. The van der Waals surface area contributed by atoms with E-state index in [1.807, 2.05) is 0 Å². The number of anilines is 1. The van der Waals surface area contributed by atoms with Crippen LogP contribution in [0.1, 0.15) is 29.6 Å². The zero-order chi connectivity index (χ0) is 15.0. The number of halogens is 2. The van der Waals surface area contributed by atoms with Crippen molar-refractivity contribution in [2.45, 2.75) is 25.3 Å². The second kappa shape index (κ2) is 5.26. The number of hydrogen-bond acceptors (Lipinski definition) is 3. The van der Waals surface area contributed by atoms with Gasteiger partial charge in [-0.05, 0) is 43.4 Å². The molecule has 114 valence electrons. The average molecular weight is 295 g/mol. The topological polar surface area (TPSA) is 53.2 Å². The van der Waals surface area contributed by atoms with Gasteiger partial charge in [-0.2, -0.15) is 0 Å². The third-order valence-corrected chi connectivity index (χ3v) is 4.57. The second-order valence-corrected chi connectivity index (χ2v) is 6.07. The van der Waals surface area contributed by atoms with Crippen LogP contribution in [0.2, 0.25) is 0 Å². The minimum absolute atomic E-state index is 0.0110. The van der Waals surface area contributed by atoms with E-state index in [2.05, 4.69) is 16.0 Å². The summed E-state index contributed by atoms with van der Waals surface area (Å²) in [6, 6.07) is 2.23. The summed E-state index contributed by atoms with van der Waals surface area (Å²) in [5.41, 5.74) is 0.170. The van der Waals surface area contributed by atoms with Crippen LogP contribution in [-0.2, 0) is 0 Å². The predicted octanol–water partition coefficient (Wildman–Crippen LogP) is 1.88. The van der Waals surface area contributed by atoms with Gasteiger partial charge in [0.15, 0.2) is 0 Å². The van der Waals surface area contributed by atoms with Gasteiger partial charge < -0.3 is 16.0 Å². The van der Waals surface area contributed by atoms with Gasteiger partial charge in [0.2, 0.25) is 0 Å². The SMILES string of the molecule is CNC(=O)c1cc(F)c(NC2CC3(CCNC3)C2)c(F)c1. The van der Waals surface area contributed by atoms with Crippen molar-refractivity contribution in [3.05, 3.63) is 29.3 Å². The first-order valence-electron chi connectivity index (χ1n) is 7.21. The highest BCUT2D eigenvalue weighted by Crippen LogP contribution is 2.47. The van der Waals surface area contributed by atoms with Gasteiger partial charge in [0.1, 0.15) is 17.3 Å². The maximum absolute atomic E-state index is 14.0. The molecule has 2 aliphatic rings. The molecule has 1 spiro atoms. The molecule has 0 radical (unpaired) electrons. The summed E-state index contributed by atoms with van der Waals surface area (Å²) in [7, 11) is 1.42. The van der Waals surface area contributed by atoms with Crippen molar-refractivity contribution in [1.82, 2.24) is 10.6 Å². The van der Waals surface area contributed by atoms with Crippen molar-refractivity contribution in [3.63, 3.8) is 0 Å². The molecule has 0 unspecified atom stereocenters. The molecule has 4 nitrogen and oxygen atoms in total. The molecule has 6 heteroatoms. The fourth-order valence-corrected chi connectivity index (χ4v) is 3.42. The molecule has 21 heavy (non-hydrogen) atoms. The molecule has 1 saturated carbocycles. The predicted molar refractivity (Wildman–Crippen MR) is 76.3 cm³/mol. The Morgan fingerprint density at radius 2 is 2.00 bits per heavy atom. The summed E-state index contributed by atoms with van der Waals surface area (Å²) in [5.74, 6) is -1.95. The Morgan fingerprint density at radius 1 is 1.33 bits per heavy atom. The quantitative estimate of drug-likeness (QED) is 0.798. The van der Waals surface area contributed by atoms with Gasteiger partial charge >= 0.3 is 0 Å². The Bertz CT molecular complexity index is 539. The fourth-order valence-electron chi connectivity index (χ4n) is 3.42. The lowest BCUT2D eigenvalue weighted by Crippen LogP contribution is -2.46. The molecule has 0 bridgehead atoms. The smallest absolute Gasteiger partial charge is 0.251 e. The summed E-state index contributed by atoms with van der Waals surface area (Å²) < 4.78 is 28.0. The Labute approximate surface area is 122 Å². The van der Waals surface area contributed by atoms with Crippen molar-refractivity contribution in [2.75, 3.05) is 25.5 Å². The third-order valence-electron chi connectivity index (χ3n) is 4.57. The van der Waals surface area contributed by atoms with Gasteiger partial charge in [0.05, 0.1) is 0 Å². The number of carbonyl (C=O) groups excluding carboxylic acids is 1. The van der Waals surface area contributed by atoms with Gasteiger partial charge in [0.25, 0.3) is 5.91 Å². The monoisotopic (exact) mass is 295 g/mol. The van der Waals surface area contributed by atoms with Gasteiger partial charge in [0, 0.05) is 25.2 Å². The van der Waals surface area contributed by atoms with E-state index in [9.17, 15) is 13.6 Å². The summed E-state index contributed by atoms with van der Waals surface area (Å²) >= 11 is 0. The van der Waals surface area contributed by atoms with Crippen molar-refractivity contribution in [3.8, 4) is 0 Å². The van der Waals surface area contributed by atoms with Crippen LogP contribution >= 0.6 is 0 Å². The maximum atomic E-state index is 14.0. The van der Waals surface area contributed by atoms with Crippen molar-refractivity contribution >= 4 is 11.6 Å². The second-order valence-electron chi connectivity index (χ2n) is 6.07. The molecule has 1 aliphatic carbocycles. The molecule has 1 aromatic carbocycles. The molecule has 3 rings (SSSR count). The highest BCUT2D eigenvalue weighted by atomic mass is 19.1. The molecule has 1 aromatic rings. The average Bonchev–Trinajstić information content (AvgIpc) is 2.90. The Hall–Kier alpha value is -1.69. The van der Waals surface area contributed by atoms with Gasteiger partial charge in [-0.25, -0.2) is 8.78 Å². The lowest BCUT2D eigenvalue weighted by molar-refractivity contribution is 0.0962. The normalized spacial score (nSPS) is 27.5. The number of rotatable bonds is 3. The number of amides is 1. The first-order chi connectivity index (χ1) is 10.0. The molecule has 2 fully saturated rings. The summed E-state index contributed by atoms with van der Waals surface area (Å²) in [6.07, 6.45) is 2.98. The molecule has 1 amide bonds. The standard InChI is InChI=1S/C15H19F2N3O/c1-18-14(21)9-4-11(16)13(12(17)5-9)20-10-6-15(7-10)2-3-19-8-15/h4-5,10,19-20H,2-3,6-8H2,1H3,(H,18,21). The first kappa shape index (κ1) is 14.3. The summed E-state index contributed by atoms with van der Waals surface area (Å²) in [6.45, 7) is 2.02. The molecule has 1 saturated heterocycles. The van der Waals surface area contributed by atoms with Crippen LogP contribution in [0.25, 0.3) is 0 Å². The van der Waals surface area contributed by atoms with Crippen LogP contribution in [0.3, 0.4) is 0 Å². The van der Waals surface area contributed by atoms with Crippen LogP contribution in [0, 0.1) is 17.0 Å². The Morgan fingerprint density at radius 3 is 2.52 bits per heavy atom. The van der Waals surface area contributed by atoms with E-state index in [1.165, 1.54) is 7.05 Å². The third kappa shape index (κ3) is 2.60. The van der Waals surface area contributed by atoms with Gasteiger partial charge in [-0.3, -0.25) is 4.79 Å². The minimum atomic E-state index is -0.723. The molecule has 1 aliphatic heterocycles. The largest absolute Gasteiger partial charge is 0.378 e. The highest BCUT2D eigenvalue weighted by Gasteiger charge is 2.46. The van der Waals surface area contributed by atoms with Crippen LogP contribution in [0.5, 0.6) is 0 Å². The molecule has 0 aromatic heterocycles. The number of nitrogens with one attached hydrogen (secondary N) is 3. The number of carbonyl (C=O) groups is 1. The van der Waals surface area contributed by atoms with Gasteiger partial charge in [-0.1, -0.05) is 0 Å². The fraction of sp³-hybridized carbons (Fsp3) is 0.533. The number of benzene rings is 1. The van der Waals surface area contributed by atoms with E-state index in [0.717, 1.165) is 44.5 Å². The van der Waals surface area contributed by atoms with E-state index in [4.69, 9.17) is 0 Å². The van der Waals surface area contributed by atoms with Crippen molar-refractivity contribution in [1.29, 1.82) is 0 Å². The lowest BCUT2D eigenvalue weighted by Gasteiger charge is -2.45. The molecule has 0 atom stereocenters. The zero-order valence-corrected chi connectivity index (χ0v) is 11.9. The molecular formula is C15H19F2N3O. The van der Waals surface area contributed by atoms with E-state index in [0.29, 0.717) is 5.41 Å². The van der Waals surface area contributed by atoms with Crippen LogP contribution in [0.4, 0.5) is 14.5 Å². The number of hydrogen-bond donors (Lipinski definition) is 3. The van der Waals surface area contributed by atoms with Crippen molar-refractivity contribution < 1.29 is 13.6 Å². The van der Waals surface area contributed by atoms with E-state index in [1.54, 1.807) is 0 Å². The first-order valence-corrected chi connectivity index (χ1v) is 7.21. The Kier molecular flexibility index (Phi) is 3.57. The van der Waals surface area contributed by atoms with Gasteiger partial charge in [-0.15, -0.1) is 0 Å². The maximum Gasteiger partial charge on any atom is 0.251 e.